The van der Waals surface area contributed by atoms with Crippen molar-refractivity contribution in [2.45, 2.75) is 46.3 Å². The van der Waals surface area contributed by atoms with Gasteiger partial charge in [-0.1, -0.05) is 33.6 Å². The van der Waals surface area contributed by atoms with Crippen molar-refractivity contribution in [3.63, 3.8) is 0 Å². The summed E-state index contributed by atoms with van der Waals surface area (Å²) in [6.45, 7) is 6.23. The second-order valence-electron chi connectivity index (χ2n) is 3.72. The van der Waals surface area contributed by atoms with Crippen LogP contribution in [0, 0.1) is 11.8 Å². The highest BCUT2D eigenvalue weighted by Crippen LogP contribution is 2.13. The Morgan fingerprint density at radius 3 is 1.91 bits per heavy atom. The standard InChI is InChI=1S/C9H20O2/c1-7(2)5-4-6-8(3)9(10)11/h7-11H,4-6H2,1-3H3/t8-/m1/s1. The Morgan fingerprint density at radius 2 is 1.55 bits per heavy atom. The van der Waals surface area contributed by atoms with Gasteiger partial charge in [-0.15, -0.1) is 0 Å². The fourth-order valence-electron chi connectivity index (χ4n) is 0.997. The molecule has 0 aromatic rings. The Hall–Kier alpha value is -0.0800. The van der Waals surface area contributed by atoms with Crippen LogP contribution < -0.4 is 0 Å². The van der Waals surface area contributed by atoms with Crippen molar-refractivity contribution in [2.24, 2.45) is 11.8 Å². The Labute approximate surface area is 69.2 Å². The van der Waals surface area contributed by atoms with E-state index in [0.717, 1.165) is 18.8 Å². The van der Waals surface area contributed by atoms with Gasteiger partial charge in [-0.25, -0.2) is 0 Å². The summed E-state index contributed by atoms with van der Waals surface area (Å²) in [5, 5.41) is 17.5. The molecule has 0 bridgehead atoms. The van der Waals surface area contributed by atoms with Crippen LogP contribution >= 0.6 is 0 Å². The third kappa shape index (κ3) is 6.32. The highest BCUT2D eigenvalue weighted by molar-refractivity contribution is 4.55. The van der Waals surface area contributed by atoms with Crippen LogP contribution in [0.3, 0.4) is 0 Å². The van der Waals surface area contributed by atoms with Crippen molar-refractivity contribution >= 4 is 0 Å². The maximum absolute atomic E-state index is 8.74. The highest BCUT2D eigenvalue weighted by Gasteiger charge is 2.09. The Morgan fingerprint density at radius 1 is 1.00 bits per heavy atom. The quantitative estimate of drug-likeness (QED) is 0.602. The van der Waals surface area contributed by atoms with E-state index in [9.17, 15) is 0 Å². The zero-order valence-corrected chi connectivity index (χ0v) is 7.75. The zero-order valence-electron chi connectivity index (χ0n) is 7.75. The molecule has 2 heteroatoms. The summed E-state index contributed by atoms with van der Waals surface area (Å²) < 4.78 is 0. The Bertz CT molecular complexity index is 89.6. The van der Waals surface area contributed by atoms with E-state index in [1.165, 1.54) is 6.42 Å². The predicted octanol–water partition coefficient (Wildman–Crippen LogP) is 1.76. The first-order valence-electron chi connectivity index (χ1n) is 4.40. The fourth-order valence-corrected chi connectivity index (χ4v) is 0.997. The molecule has 1 atom stereocenters. The molecule has 0 saturated carbocycles. The summed E-state index contributed by atoms with van der Waals surface area (Å²) in [5.41, 5.74) is 0. The molecule has 68 valence electrons. The fraction of sp³-hybridized carbons (Fsp3) is 1.00. The van der Waals surface area contributed by atoms with Crippen molar-refractivity contribution in [1.82, 2.24) is 0 Å². The lowest BCUT2D eigenvalue weighted by Gasteiger charge is -2.13. The van der Waals surface area contributed by atoms with Gasteiger partial charge in [-0.2, -0.15) is 0 Å². The second kappa shape index (κ2) is 5.56. The van der Waals surface area contributed by atoms with Crippen LogP contribution in [0.5, 0.6) is 0 Å². The highest BCUT2D eigenvalue weighted by atomic mass is 16.5. The second-order valence-corrected chi connectivity index (χ2v) is 3.72. The first kappa shape index (κ1) is 10.9. The van der Waals surface area contributed by atoms with Gasteiger partial charge < -0.3 is 10.2 Å². The van der Waals surface area contributed by atoms with Gasteiger partial charge in [-0.05, 0) is 12.3 Å². The minimum absolute atomic E-state index is 0.0220. The molecule has 0 fully saturated rings. The van der Waals surface area contributed by atoms with E-state index in [0.29, 0.717) is 0 Å². The average molecular weight is 160 g/mol. The van der Waals surface area contributed by atoms with Crippen LogP contribution in [0.4, 0.5) is 0 Å². The Balaban J connectivity index is 3.24. The SMILES string of the molecule is CC(C)CCC[C@@H](C)C(O)O. The van der Waals surface area contributed by atoms with E-state index in [1.54, 1.807) is 0 Å². The maximum Gasteiger partial charge on any atom is 0.154 e. The van der Waals surface area contributed by atoms with Gasteiger partial charge in [0.05, 0.1) is 0 Å². The van der Waals surface area contributed by atoms with Gasteiger partial charge in [0.1, 0.15) is 0 Å². The third-order valence-corrected chi connectivity index (χ3v) is 1.95. The molecule has 0 aliphatic rings. The van der Waals surface area contributed by atoms with Crippen molar-refractivity contribution in [1.29, 1.82) is 0 Å². The van der Waals surface area contributed by atoms with Crippen LogP contribution in [0.2, 0.25) is 0 Å². The van der Waals surface area contributed by atoms with Crippen molar-refractivity contribution in [3.8, 4) is 0 Å². The van der Waals surface area contributed by atoms with E-state index < -0.39 is 6.29 Å². The molecule has 0 rings (SSSR count). The van der Waals surface area contributed by atoms with Crippen LogP contribution in [0.1, 0.15) is 40.0 Å². The van der Waals surface area contributed by atoms with Crippen LogP contribution in [0.15, 0.2) is 0 Å². The first-order chi connectivity index (χ1) is 5.04. The minimum Gasteiger partial charge on any atom is -0.368 e. The molecule has 0 aromatic heterocycles. The van der Waals surface area contributed by atoms with E-state index in [4.69, 9.17) is 10.2 Å². The number of hydrogen-bond donors (Lipinski definition) is 2. The third-order valence-electron chi connectivity index (χ3n) is 1.95. The molecule has 0 heterocycles. The van der Waals surface area contributed by atoms with E-state index in [2.05, 4.69) is 13.8 Å². The molecular weight excluding hydrogens is 140 g/mol. The van der Waals surface area contributed by atoms with Crippen LogP contribution in [0.25, 0.3) is 0 Å². The lowest BCUT2D eigenvalue weighted by atomic mass is 9.99. The van der Waals surface area contributed by atoms with Gasteiger partial charge in [0, 0.05) is 5.92 Å². The van der Waals surface area contributed by atoms with Gasteiger partial charge in [0.15, 0.2) is 6.29 Å². The molecule has 2 nitrogen and oxygen atoms in total. The normalized spacial score (nSPS) is 14.5. The topological polar surface area (TPSA) is 40.5 Å². The monoisotopic (exact) mass is 160 g/mol. The lowest BCUT2D eigenvalue weighted by Crippen LogP contribution is -2.16. The molecule has 0 unspecified atom stereocenters. The zero-order chi connectivity index (χ0) is 8.85. The Kier molecular flexibility index (Phi) is 5.51. The number of rotatable bonds is 5. The number of aliphatic hydroxyl groups is 2. The van der Waals surface area contributed by atoms with Gasteiger partial charge in [-0.3, -0.25) is 0 Å². The molecule has 0 spiro atoms. The largest absolute Gasteiger partial charge is 0.368 e. The van der Waals surface area contributed by atoms with Gasteiger partial charge >= 0.3 is 0 Å². The minimum atomic E-state index is -1.14. The summed E-state index contributed by atoms with van der Waals surface area (Å²) >= 11 is 0. The van der Waals surface area contributed by atoms with Crippen molar-refractivity contribution in [2.75, 3.05) is 0 Å². The number of aliphatic hydroxyl groups excluding tert-OH is 1. The molecule has 0 radical (unpaired) electrons. The van der Waals surface area contributed by atoms with Crippen molar-refractivity contribution in [3.05, 3.63) is 0 Å². The molecule has 0 amide bonds. The van der Waals surface area contributed by atoms with Gasteiger partial charge in [0.25, 0.3) is 0 Å². The van der Waals surface area contributed by atoms with Crippen LogP contribution in [-0.2, 0) is 0 Å². The van der Waals surface area contributed by atoms with Crippen LogP contribution in [-0.4, -0.2) is 16.5 Å². The lowest BCUT2D eigenvalue weighted by molar-refractivity contribution is -0.0809. The van der Waals surface area contributed by atoms with E-state index in [1.807, 2.05) is 6.92 Å². The molecule has 2 N–H and O–H groups in total. The maximum atomic E-state index is 8.74. The summed E-state index contributed by atoms with van der Waals surface area (Å²) in [7, 11) is 0. The average Bonchev–Trinajstić information content (AvgIpc) is 1.86. The molecule has 0 aromatic carbocycles. The van der Waals surface area contributed by atoms with E-state index >= 15 is 0 Å². The summed E-state index contributed by atoms with van der Waals surface area (Å²) in [6, 6.07) is 0. The molecule has 0 saturated heterocycles. The molecular formula is C9H20O2. The predicted molar refractivity (Wildman–Crippen MR) is 46.1 cm³/mol. The summed E-state index contributed by atoms with van der Waals surface area (Å²) in [6.07, 6.45) is 2.05. The van der Waals surface area contributed by atoms with E-state index in [-0.39, 0.29) is 5.92 Å². The van der Waals surface area contributed by atoms with Gasteiger partial charge in [0.2, 0.25) is 0 Å². The molecule has 0 aliphatic carbocycles. The van der Waals surface area contributed by atoms with Crippen molar-refractivity contribution < 1.29 is 10.2 Å². The summed E-state index contributed by atoms with van der Waals surface area (Å²) in [5.74, 6) is 0.742. The smallest absolute Gasteiger partial charge is 0.154 e. The summed E-state index contributed by atoms with van der Waals surface area (Å²) in [4.78, 5) is 0. The first-order valence-corrected chi connectivity index (χ1v) is 4.40. The molecule has 11 heavy (non-hydrogen) atoms. The molecule has 0 aliphatic heterocycles. The number of hydrogen-bond acceptors (Lipinski definition) is 2.